The number of aliphatic hydroxyl groups is 1. The van der Waals surface area contributed by atoms with Gasteiger partial charge >= 0.3 is 0 Å². The Labute approximate surface area is 193 Å². The first-order chi connectivity index (χ1) is 16.5. The zero-order chi connectivity index (χ0) is 24.1. The van der Waals surface area contributed by atoms with E-state index in [9.17, 15) is 18.7 Å². The highest BCUT2D eigenvalue weighted by molar-refractivity contribution is 5.95. The molecule has 0 spiro atoms. The summed E-state index contributed by atoms with van der Waals surface area (Å²) in [7, 11) is 1.82. The molecule has 9 nitrogen and oxygen atoms in total. The van der Waals surface area contributed by atoms with Crippen LogP contribution in [-0.4, -0.2) is 42.4 Å². The molecule has 11 heteroatoms. The summed E-state index contributed by atoms with van der Waals surface area (Å²) < 4.78 is 29.4. The van der Waals surface area contributed by atoms with Gasteiger partial charge in [-0.3, -0.25) is 4.79 Å². The van der Waals surface area contributed by atoms with Crippen molar-refractivity contribution >= 4 is 11.6 Å². The van der Waals surface area contributed by atoms with Gasteiger partial charge in [-0.15, -0.1) is 10.2 Å². The number of rotatable bonds is 8. The van der Waals surface area contributed by atoms with Crippen LogP contribution in [0.3, 0.4) is 0 Å². The highest BCUT2D eigenvalue weighted by atomic mass is 19.1. The van der Waals surface area contributed by atoms with Crippen molar-refractivity contribution in [2.24, 2.45) is 7.05 Å². The standard InChI is InChI=1S/C23H21F2N7O2/c1-32-21(30-31-22(32)19-7-8-26-13-28-19)11-27-16-4-2-3-14(9-16)23(34)29-20(12-33)17-10-15(24)5-6-18(17)25/h2-10,13,20,27,33H,11-12H2,1H3,(H,29,34)/t20-/m1/s1. The van der Waals surface area contributed by atoms with Gasteiger partial charge in [-0.2, -0.15) is 0 Å². The van der Waals surface area contributed by atoms with Crippen molar-refractivity contribution < 1.29 is 18.7 Å². The third-order valence-corrected chi connectivity index (χ3v) is 5.17. The lowest BCUT2D eigenvalue weighted by molar-refractivity contribution is 0.0915. The molecule has 0 saturated carbocycles. The fourth-order valence-corrected chi connectivity index (χ4v) is 3.36. The van der Waals surface area contributed by atoms with E-state index in [1.54, 1.807) is 41.1 Å². The predicted octanol–water partition coefficient (Wildman–Crippen LogP) is 2.63. The lowest BCUT2D eigenvalue weighted by atomic mass is 10.1. The molecule has 0 radical (unpaired) electrons. The summed E-state index contributed by atoms with van der Waals surface area (Å²) in [5.41, 5.74) is 1.42. The second-order valence-corrected chi connectivity index (χ2v) is 7.40. The molecule has 2 aromatic carbocycles. The smallest absolute Gasteiger partial charge is 0.251 e. The summed E-state index contributed by atoms with van der Waals surface area (Å²) in [6, 6.07) is 10.1. The second-order valence-electron chi connectivity index (χ2n) is 7.40. The fraction of sp³-hybridized carbons (Fsp3) is 0.174. The molecule has 4 aromatic rings. The SMILES string of the molecule is Cn1c(CNc2cccc(C(=O)N[C@H](CO)c3cc(F)ccc3F)c2)nnc1-c1ccncn1. The fourth-order valence-electron chi connectivity index (χ4n) is 3.36. The summed E-state index contributed by atoms with van der Waals surface area (Å²) in [5.74, 6) is -0.698. The number of aliphatic hydroxyl groups excluding tert-OH is 1. The number of benzene rings is 2. The van der Waals surface area contributed by atoms with Crippen LogP contribution in [0.2, 0.25) is 0 Å². The highest BCUT2D eigenvalue weighted by Gasteiger charge is 2.19. The van der Waals surface area contributed by atoms with E-state index in [0.717, 1.165) is 18.2 Å². The third kappa shape index (κ3) is 5.04. The Morgan fingerprint density at radius 1 is 1.15 bits per heavy atom. The Kier molecular flexibility index (Phi) is 6.83. The van der Waals surface area contributed by atoms with Gasteiger partial charge in [0, 0.05) is 30.1 Å². The Bertz CT molecular complexity index is 1300. The first kappa shape index (κ1) is 22.9. The molecular formula is C23H21F2N7O2. The normalized spacial score (nSPS) is 11.8. The Balaban J connectivity index is 1.44. The molecule has 1 amide bonds. The molecule has 0 fully saturated rings. The van der Waals surface area contributed by atoms with Gasteiger partial charge in [0.1, 0.15) is 23.7 Å². The molecule has 2 heterocycles. The van der Waals surface area contributed by atoms with Crippen molar-refractivity contribution in [3.8, 4) is 11.5 Å². The van der Waals surface area contributed by atoms with E-state index in [2.05, 4.69) is 30.8 Å². The first-order valence-corrected chi connectivity index (χ1v) is 10.3. The van der Waals surface area contributed by atoms with Gasteiger partial charge in [0.2, 0.25) is 0 Å². The summed E-state index contributed by atoms with van der Waals surface area (Å²) in [4.78, 5) is 20.8. The van der Waals surface area contributed by atoms with Crippen LogP contribution in [0.4, 0.5) is 14.5 Å². The number of amides is 1. The molecule has 34 heavy (non-hydrogen) atoms. The summed E-state index contributed by atoms with van der Waals surface area (Å²) in [5, 5.41) is 23.7. The van der Waals surface area contributed by atoms with E-state index in [1.807, 2.05) is 7.05 Å². The van der Waals surface area contributed by atoms with Crippen LogP contribution in [0.25, 0.3) is 11.5 Å². The van der Waals surface area contributed by atoms with Crippen molar-refractivity contribution in [3.63, 3.8) is 0 Å². The maximum atomic E-state index is 14.1. The third-order valence-electron chi connectivity index (χ3n) is 5.17. The minimum atomic E-state index is -1.10. The van der Waals surface area contributed by atoms with E-state index >= 15 is 0 Å². The van der Waals surface area contributed by atoms with Crippen LogP contribution in [0, 0.1) is 11.6 Å². The molecule has 0 aliphatic carbocycles. The van der Waals surface area contributed by atoms with Gasteiger partial charge in [0.05, 0.1) is 19.2 Å². The minimum Gasteiger partial charge on any atom is -0.394 e. The molecule has 0 aliphatic rings. The molecule has 0 aliphatic heterocycles. The van der Waals surface area contributed by atoms with Gasteiger partial charge in [0.25, 0.3) is 5.91 Å². The van der Waals surface area contributed by atoms with Gasteiger partial charge in [0.15, 0.2) is 11.6 Å². The molecule has 174 valence electrons. The van der Waals surface area contributed by atoms with Crippen molar-refractivity contribution in [1.82, 2.24) is 30.0 Å². The van der Waals surface area contributed by atoms with E-state index in [-0.39, 0.29) is 11.1 Å². The lowest BCUT2D eigenvalue weighted by Gasteiger charge is -2.18. The van der Waals surface area contributed by atoms with E-state index in [1.165, 1.54) is 6.33 Å². The number of hydrogen-bond acceptors (Lipinski definition) is 7. The van der Waals surface area contributed by atoms with Crippen molar-refractivity contribution in [2.75, 3.05) is 11.9 Å². The Hall–Kier alpha value is -4.25. The number of nitrogens with one attached hydrogen (secondary N) is 2. The number of anilines is 1. The number of nitrogens with zero attached hydrogens (tertiary/aromatic N) is 5. The van der Waals surface area contributed by atoms with Gasteiger partial charge < -0.3 is 20.3 Å². The van der Waals surface area contributed by atoms with Crippen LogP contribution in [-0.2, 0) is 13.6 Å². The zero-order valence-corrected chi connectivity index (χ0v) is 18.1. The Morgan fingerprint density at radius 2 is 2.00 bits per heavy atom. The molecule has 0 unspecified atom stereocenters. The van der Waals surface area contributed by atoms with Crippen LogP contribution < -0.4 is 10.6 Å². The van der Waals surface area contributed by atoms with Crippen molar-refractivity contribution in [2.45, 2.75) is 12.6 Å². The molecular weight excluding hydrogens is 444 g/mol. The number of halogens is 2. The van der Waals surface area contributed by atoms with E-state index in [4.69, 9.17) is 0 Å². The summed E-state index contributed by atoms with van der Waals surface area (Å²) in [6.45, 7) is -0.266. The predicted molar refractivity (Wildman–Crippen MR) is 119 cm³/mol. The molecule has 0 saturated heterocycles. The van der Waals surface area contributed by atoms with Crippen LogP contribution in [0.15, 0.2) is 61.1 Å². The molecule has 2 aromatic heterocycles. The average molecular weight is 465 g/mol. The largest absolute Gasteiger partial charge is 0.394 e. The molecule has 3 N–H and O–H groups in total. The van der Waals surface area contributed by atoms with Crippen LogP contribution in [0.1, 0.15) is 27.8 Å². The molecule has 4 rings (SSSR count). The zero-order valence-electron chi connectivity index (χ0n) is 18.1. The summed E-state index contributed by atoms with van der Waals surface area (Å²) in [6.07, 6.45) is 3.05. The number of carbonyl (C=O) groups excluding carboxylic acids is 1. The highest BCUT2D eigenvalue weighted by Crippen LogP contribution is 2.20. The first-order valence-electron chi connectivity index (χ1n) is 10.3. The topological polar surface area (TPSA) is 118 Å². The average Bonchev–Trinajstić information content (AvgIpc) is 3.23. The maximum absolute atomic E-state index is 14.1. The number of hydrogen-bond donors (Lipinski definition) is 3. The lowest BCUT2D eigenvalue weighted by Crippen LogP contribution is -2.31. The van der Waals surface area contributed by atoms with Gasteiger partial charge in [-0.1, -0.05) is 6.07 Å². The van der Waals surface area contributed by atoms with E-state index < -0.39 is 30.2 Å². The number of aromatic nitrogens is 5. The van der Waals surface area contributed by atoms with Crippen LogP contribution >= 0.6 is 0 Å². The van der Waals surface area contributed by atoms with Crippen LogP contribution in [0.5, 0.6) is 0 Å². The van der Waals surface area contributed by atoms with Crippen molar-refractivity contribution in [1.29, 1.82) is 0 Å². The monoisotopic (exact) mass is 465 g/mol. The number of carbonyl (C=O) groups is 1. The Morgan fingerprint density at radius 3 is 2.76 bits per heavy atom. The van der Waals surface area contributed by atoms with E-state index in [0.29, 0.717) is 29.6 Å². The maximum Gasteiger partial charge on any atom is 0.251 e. The van der Waals surface area contributed by atoms with Gasteiger partial charge in [-0.05, 0) is 42.5 Å². The van der Waals surface area contributed by atoms with Crippen molar-refractivity contribution in [3.05, 3.63) is 89.6 Å². The molecule has 1 atom stereocenters. The minimum absolute atomic E-state index is 0.132. The van der Waals surface area contributed by atoms with Gasteiger partial charge in [-0.25, -0.2) is 18.7 Å². The quantitative estimate of drug-likeness (QED) is 0.366. The summed E-state index contributed by atoms with van der Waals surface area (Å²) >= 11 is 0. The second kappa shape index (κ2) is 10.1. The molecule has 0 bridgehead atoms.